The smallest absolute Gasteiger partial charge is 0.261 e. The third-order valence-corrected chi connectivity index (χ3v) is 5.42. The Kier molecular flexibility index (Phi) is 5.98. The normalized spacial score (nSPS) is 10.8. The lowest BCUT2D eigenvalue weighted by molar-refractivity contribution is 0.102. The van der Waals surface area contributed by atoms with Gasteiger partial charge in [-0.2, -0.15) is 0 Å². The summed E-state index contributed by atoms with van der Waals surface area (Å²) in [7, 11) is 0. The lowest BCUT2D eigenvalue weighted by Gasteiger charge is -2.20. The number of hydrogen-bond acceptors (Lipinski definition) is 3. The van der Waals surface area contributed by atoms with Crippen LogP contribution in [0.3, 0.4) is 0 Å². The second-order valence-electron chi connectivity index (χ2n) is 6.98. The summed E-state index contributed by atoms with van der Waals surface area (Å²) in [6, 6.07) is 19.0. The Morgan fingerprint density at radius 2 is 1.84 bits per heavy atom. The molecule has 0 saturated heterocycles. The molecule has 0 aliphatic rings. The number of hydrogen-bond donors (Lipinski definition) is 1. The molecule has 1 N–H and O–H groups in total. The Balaban J connectivity index is 1.92. The Labute approximate surface area is 188 Å². The van der Waals surface area contributed by atoms with E-state index in [0.29, 0.717) is 45.0 Å². The van der Waals surface area contributed by atoms with Gasteiger partial charge >= 0.3 is 0 Å². The van der Waals surface area contributed by atoms with Crippen LogP contribution in [0.1, 0.15) is 21.8 Å². The number of aryl methyl sites for hydroxylation is 1. The van der Waals surface area contributed by atoms with Crippen LogP contribution in [0, 0.1) is 6.92 Å². The van der Waals surface area contributed by atoms with E-state index in [9.17, 15) is 9.59 Å². The van der Waals surface area contributed by atoms with E-state index in [1.165, 1.54) is 6.07 Å². The molecule has 2 heterocycles. The molecular formula is C24H18Cl2N2O3. The third kappa shape index (κ3) is 4.43. The monoisotopic (exact) mass is 452 g/mol. The molecule has 0 atom stereocenters. The molecule has 5 nitrogen and oxygen atoms in total. The highest BCUT2D eigenvalue weighted by Gasteiger charge is 2.23. The van der Waals surface area contributed by atoms with Gasteiger partial charge in [-0.05, 0) is 43.3 Å². The summed E-state index contributed by atoms with van der Waals surface area (Å²) in [6.07, 6.45) is 1.58. The molecule has 7 heteroatoms. The number of pyridine rings is 1. The zero-order chi connectivity index (χ0) is 22.0. The molecule has 2 aromatic carbocycles. The fourth-order valence-corrected chi connectivity index (χ4v) is 3.81. The molecule has 0 bridgehead atoms. The van der Waals surface area contributed by atoms with Crippen molar-refractivity contribution in [2.45, 2.75) is 13.5 Å². The molecule has 0 unspecified atom stereocenters. The van der Waals surface area contributed by atoms with Crippen molar-refractivity contribution in [3.05, 3.63) is 110 Å². The van der Waals surface area contributed by atoms with E-state index in [4.69, 9.17) is 27.6 Å². The lowest BCUT2D eigenvalue weighted by atomic mass is 10.0. The van der Waals surface area contributed by atoms with E-state index in [0.717, 1.165) is 0 Å². The third-order valence-electron chi connectivity index (χ3n) is 4.86. The number of amides is 1. The number of halogens is 2. The molecule has 156 valence electrons. The Morgan fingerprint density at radius 1 is 1.03 bits per heavy atom. The molecule has 0 aliphatic carbocycles. The van der Waals surface area contributed by atoms with Crippen molar-refractivity contribution in [1.82, 2.24) is 4.57 Å². The van der Waals surface area contributed by atoms with E-state index in [1.807, 2.05) is 23.6 Å². The summed E-state index contributed by atoms with van der Waals surface area (Å²) in [5.74, 6) is 0.133. The van der Waals surface area contributed by atoms with Gasteiger partial charge in [0.15, 0.2) is 5.43 Å². The standard InChI is InChI=1S/C24H18Cl2N2O3/c1-15-12-21(29)22(24(30)27-20-10-3-2-9-19(20)26)23(16-6-4-7-17(25)13-16)28(15)14-18-8-5-11-31-18/h2-13H,14H2,1H3,(H,27,30). The molecule has 0 saturated carbocycles. The van der Waals surface area contributed by atoms with Crippen LogP contribution >= 0.6 is 23.2 Å². The number of aromatic nitrogens is 1. The van der Waals surface area contributed by atoms with E-state index in [2.05, 4.69) is 5.32 Å². The van der Waals surface area contributed by atoms with Gasteiger partial charge in [0.25, 0.3) is 5.91 Å². The Bertz CT molecular complexity index is 1310. The number of carbonyl (C=O) groups excluding carboxylic acids is 1. The summed E-state index contributed by atoms with van der Waals surface area (Å²) in [5.41, 5.74) is 1.80. The molecule has 0 radical (unpaired) electrons. The Hall–Kier alpha value is -3.28. The average molecular weight is 453 g/mol. The van der Waals surface area contributed by atoms with Gasteiger partial charge in [0, 0.05) is 22.3 Å². The number of rotatable bonds is 5. The van der Waals surface area contributed by atoms with Crippen molar-refractivity contribution < 1.29 is 9.21 Å². The first-order valence-corrected chi connectivity index (χ1v) is 10.3. The minimum Gasteiger partial charge on any atom is -0.467 e. The predicted molar refractivity (Wildman–Crippen MR) is 123 cm³/mol. The van der Waals surface area contributed by atoms with Gasteiger partial charge < -0.3 is 14.3 Å². The minimum absolute atomic E-state index is 0.000609. The quantitative estimate of drug-likeness (QED) is 0.402. The van der Waals surface area contributed by atoms with Gasteiger partial charge in [0.1, 0.15) is 11.3 Å². The zero-order valence-electron chi connectivity index (χ0n) is 16.6. The van der Waals surface area contributed by atoms with Gasteiger partial charge in [0.05, 0.1) is 29.2 Å². The van der Waals surface area contributed by atoms with Crippen LogP contribution in [-0.4, -0.2) is 10.5 Å². The highest BCUT2D eigenvalue weighted by Crippen LogP contribution is 2.28. The minimum atomic E-state index is -0.554. The van der Waals surface area contributed by atoms with Gasteiger partial charge in [0.2, 0.25) is 0 Å². The van der Waals surface area contributed by atoms with Crippen molar-refractivity contribution in [3.8, 4) is 11.3 Å². The first-order valence-electron chi connectivity index (χ1n) is 9.52. The van der Waals surface area contributed by atoms with Gasteiger partial charge in [-0.3, -0.25) is 9.59 Å². The van der Waals surface area contributed by atoms with Crippen LogP contribution in [0.5, 0.6) is 0 Å². The highest BCUT2D eigenvalue weighted by atomic mass is 35.5. The van der Waals surface area contributed by atoms with Crippen molar-refractivity contribution in [2.24, 2.45) is 0 Å². The molecule has 31 heavy (non-hydrogen) atoms. The Morgan fingerprint density at radius 3 is 2.55 bits per heavy atom. The summed E-state index contributed by atoms with van der Waals surface area (Å²) < 4.78 is 7.37. The van der Waals surface area contributed by atoms with Crippen molar-refractivity contribution in [1.29, 1.82) is 0 Å². The van der Waals surface area contributed by atoms with Crippen LogP contribution in [0.25, 0.3) is 11.3 Å². The van der Waals surface area contributed by atoms with Gasteiger partial charge in [-0.1, -0.05) is 47.5 Å². The second-order valence-corrected chi connectivity index (χ2v) is 7.83. The fourth-order valence-electron chi connectivity index (χ4n) is 3.43. The molecule has 0 fully saturated rings. The maximum absolute atomic E-state index is 13.3. The topological polar surface area (TPSA) is 64.2 Å². The van der Waals surface area contributed by atoms with Gasteiger partial charge in [-0.25, -0.2) is 0 Å². The van der Waals surface area contributed by atoms with Crippen molar-refractivity contribution in [3.63, 3.8) is 0 Å². The fraction of sp³-hybridized carbons (Fsp3) is 0.0833. The summed E-state index contributed by atoms with van der Waals surface area (Å²) in [6.45, 7) is 2.15. The second kappa shape index (κ2) is 8.84. The van der Waals surface area contributed by atoms with Gasteiger partial charge in [-0.15, -0.1) is 0 Å². The maximum atomic E-state index is 13.3. The summed E-state index contributed by atoms with van der Waals surface area (Å²) in [5, 5.41) is 3.63. The SMILES string of the molecule is Cc1cc(=O)c(C(=O)Nc2ccccc2Cl)c(-c2cccc(Cl)c2)n1Cc1ccco1. The first-order chi connectivity index (χ1) is 14.9. The molecule has 4 aromatic rings. The molecule has 4 rings (SSSR count). The maximum Gasteiger partial charge on any atom is 0.261 e. The number of anilines is 1. The largest absolute Gasteiger partial charge is 0.467 e. The number of para-hydroxylation sites is 1. The molecule has 0 aliphatic heterocycles. The first kappa shape index (κ1) is 21.0. The van der Waals surface area contributed by atoms with Crippen molar-refractivity contribution >= 4 is 34.8 Å². The van der Waals surface area contributed by atoms with Crippen LogP contribution in [0.15, 0.2) is 82.2 Å². The van der Waals surface area contributed by atoms with E-state index in [1.54, 1.807) is 54.8 Å². The predicted octanol–water partition coefficient (Wildman–Crippen LogP) is 6.02. The van der Waals surface area contributed by atoms with E-state index >= 15 is 0 Å². The summed E-state index contributed by atoms with van der Waals surface area (Å²) in [4.78, 5) is 26.3. The molecule has 1 amide bonds. The van der Waals surface area contributed by atoms with E-state index < -0.39 is 11.3 Å². The molecule has 0 spiro atoms. The van der Waals surface area contributed by atoms with Crippen LogP contribution < -0.4 is 10.7 Å². The van der Waals surface area contributed by atoms with Crippen molar-refractivity contribution in [2.75, 3.05) is 5.32 Å². The number of carbonyl (C=O) groups is 1. The molecule has 2 aromatic heterocycles. The van der Waals surface area contributed by atoms with Crippen LogP contribution in [0.4, 0.5) is 5.69 Å². The summed E-state index contributed by atoms with van der Waals surface area (Å²) >= 11 is 12.4. The lowest BCUT2D eigenvalue weighted by Crippen LogP contribution is -2.27. The van der Waals surface area contributed by atoms with Crippen LogP contribution in [0.2, 0.25) is 10.0 Å². The highest BCUT2D eigenvalue weighted by molar-refractivity contribution is 6.34. The number of nitrogens with zero attached hydrogens (tertiary/aromatic N) is 1. The van der Waals surface area contributed by atoms with Crippen LogP contribution in [-0.2, 0) is 6.54 Å². The van der Waals surface area contributed by atoms with E-state index in [-0.39, 0.29) is 5.56 Å². The zero-order valence-corrected chi connectivity index (χ0v) is 18.1. The number of benzene rings is 2. The number of nitrogens with one attached hydrogen (secondary N) is 1. The molecular weight excluding hydrogens is 435 g/mol. The average Bonchev–Trinajstić information content (AvgIpc) is 3.24. The number of furan rings is 1.